The Morgan fingerprint density at radius 3 is 2.29 bits per heavy atom. The molecule has 0 saturated carbocycles. The van der Waals surface area contributed by atoms with Crippen molar-refractivity contribution in [2.45, 2.75) is 0 Å². The van der Waals surface area contributed by atoms with Crippen molar-refractivity contribution in [3.63, 3.8) is 0 Å². The Bertz CT molecular complexity index is 84.3. The van der Waals surface area contributed by atoms with E-state index < -0.39 is 16.4 Å². The molecule has 0 amide bonds. The Morgan fingerprint density at radius 1 is 1.86 bits per heavy atom. The maximum atomic E-state index is 9.26. The number of rotatable bonds is 2. The Hall–Kier alpha value is -0.690. The second-order valence-electron chi connectivity index (χ2n) is 0.515. The van der Waals surface area contributed by atoms with E-state index in [1.54, 1.807) is 0 Å². The van der Waals surface area contributed by atoms with Crippen molar-refractivity contribution in [1.82, 2.24) is 0 Å². The first-order valence-corrected chi connectivity index (χ1v) is 2.10. The van der Waals surface area contributed by atoms with Crippen LogP contribution in [0.3, 0.4) is 0 Å². The van der Waals surface area contributed by atoms with Gasteiger partial charge in [-0.2, -0.15) is 8.49 Å². The molecule has 0 heterocycles. The van der Waals surface area contributed by atoms with E-state index in [-0.39, 0.29) is 0 Å². The van der Waals surface area contributed by atoms with Crippen molar-refractivity contribution in [3.05, 3.63) is 10.1 Å². The maximum absolute atomic E-state index is 9.26. The van der Waals surface area contributed by atoms with Gasteiger partial charge in [0.1, 0.15) is 0 Å². The highest BCUT2D eigenvalue weighted by Gasteiger charge is 1.96. The van der Waals surface area contributed by atoms with Gasteiger partial charge in [0, 0.05) is 0 Å². The summed E-state index contributed by atoms with van der Waals surface area (Å²) in [5.74, 6) is 0. The van der Waals surface area contributed by atoms with E-state index >= 15 is 0 Å². The third-order valence-corrected chi connectivity index (χ3v) is 0.374. The van der Waals surface area contributed by atoms with Gasteiger partial charge in [0.15, 0.2) is 0 Å². The van der Waals surface area contributed by atoms with Gasteiger partial charge in [-0.1, -0.05) is 0 Å². The van der Waals surface area contributed by atoms with E-state index in [9.17, 15) is 4.21 Å². The summed E-state index contributed by atoms with van der Waals surface area (Å²) < 4.78 is 19.8. The average Bonchev–Trinajstić information content (AvgIpc) is 1.27. The Labute approximate surface area is 40.7 Å². The minimum absolute atomic E-state index is 1.35. The molecule has 0 rings (SSSR count). The van der Waals surface area contributed by atoms with Crippen LogP contribution in [0.2, 0.25) is 0 Å². The molecule has 0 fully saturated rings. The van der Waals surface area contributed by atoms with Crippen molar-refractivity contribution < 1.29 is 18.1 Å². The largest absolute Gasteiger partial charge is 0.338 e. The molecule has 0 aliphatic rings. The summed E-state index contributed by atoms with van der Waals surface area (Å²) in [5, 5.41) is 7.69. The molecule has 0 radical (unpaired) electrons. The summed E-state index contributed by atoms with van der Waals surface area (Å²) in [6.07, 6.45) is 0. The maximum Gasteiger partial charge on any atom is 0.338 e. The molecule has 1 N–H and O–H groups in total. The molecule has 0 aromatic carbocycles. The molecule has 42 valence electrons. The lowest BCUT2D eigenvalue weighted by Gasteiger charge is -1.82. The molecule has 0 aliphatic carbocycles. The summed E-state index contributed by atoms with van der Waals surface area (Å²) in [7, 11) is 0. The van der Waals surface area contributed by atoms with Crippen molar-refractivity contribution >= 4 is 11.4 Å². The van der Waals surface area contributed by atoms with Gasteiger partial charge >= 0.3 is 16.4 Å². The molecule has 0 aliphatic heterocycles. The fourth-order valence-electron chi connectivity index (χ4n) is 0.0521. The zero-order valence-electron chi connectivity index (χ0n) is 2.94. The minimum Gasteiger partial charge on any atom is -0.285 e. The fraction of sp³-hybridized carbons (Fsp3) is 0. The molecule has 6 nitrogen and oxygen atoms in total. The van der Waals surface area contributed by atoms with Crippen LogP contribution >= 0.6 is 0 Å². The van der Waals surface area contributed by atoms with Crippen molar-refractivity contribution in [2.24, 2.45) is 0 Å². The van der Waals surface area contributed by atoms with Gasteiger partial charge in [0.25, 0.3) is 0 Å². The quantitative estimate of drug-likeness (QED) is 0.302. The minimum atomic E-state index is -2.79. The fourth-order valence-corrected chi connectivity index (χ4v) is 0.156. The van der Waals surface area contributed by atoms with E-state index in [1.807, 2.05) is 0 Å². The molecular formula is HNO5S. The van der Waals surface area contributed by atoms with Crippen molar-refractivity contribution in [2.75, 3.05) is 0 Å². The first-order valence-electron chi connectivity index (χ1n) is 1.06. The zero-order valence-corrected chi connectivity index (χ0v) is 3.75. The molecule has 1 atom stereocenters. The highest BCUT2D eigenvalue weighted by Crippen LogP contribution is 1.75. The van der Waals surface area contributed by atoms with Crippen LogP contribution in [0.15, 0.2) is 0 Å². The summed E-state index contributed by atoms with van der Waals surface area (Å²) in [4.78, 5) is 9.04. The van der Waals surface area contributed by atoms with Gasteiger partial charge in [0.05, 0.1) is 0 Å². The first-order chi connectivity index (χ1) is 3.13. The van der Waals surface area contributed by atoms with Gasteiger partial charge in [-0.15, -0.1) is 10.1 Å². The normalized spacial score (nSPS) is 12.7. The highest BCUT2D eigenvalue weighted by atomic mass is 32.2. The Balaban J connectivity index is 3.32. The van der Waals surface area contributed by atoms with E-state index in [0.717, 1.165) is 0 Å². The van der Waals surface area contributed by atoms with Crippen LogP contribution in [0, 0.1) is 10.1 Å². The monoisotopic (exact) mass is 127 g/mol. The molecule has 0 saturated heterocycles. The predicted molar refractivity (Wildman–Crippen MR) is 18.9 cm³/mol. The lowest BCUT2D eigenvalue weighted by atomic mass is 13.1. The molecule has 0 bridgehead atoms. The number of hydrogen-bond acceptors (Lipinski definition) is 4. The van der Waals surface area contributed by atoms with Crippen molar-refractivity contribution in [1.29, 1.82) is 0 Å². The Morgan fingerprint density at radius 2 is 2.29 bits per heavy atom. The lowest BCUT2D eigenvalue weighted by Crippen LogP contribution is -2.01. The lowest BCUT2D eigenvalue weighted by molar-refractivity contribution is -0.711. The van der Waals surface area contributed by atoms with E-state index in [4.69, 9.17) is 14.7 Å². The van der Waals surface area contributed by atoms with Gasteiger partial charge in [-0.05, 0) is 0 Å². The van der Waals surface area contributed by atoms with Gasteiger partial charge in [-0.25, -0.2) is 0 Å². The van der Waals surface area contributed by atoms with Crippen LogP contribution in [0.4, 0.5) is 0 Å². The Kier molecular flexibility index (Phi) is 2.23. The molecule has 7 heavy (non-hydrogen) atoms. The summed E-state index contributed by atoms with van der Waals surface area (Å²) in [6, 6.07) is 0. The molecule has 0 aromatic heterocycles. The smallest absolute Gasteiger partial charge is 0.285 e. The third-order valence-electron chi connectivity index (χ3n) is 0.125. The average molecular weight is 127 g/mol. The highest BCUT2D eigenvalue weighted by molar-refractivity contribution is 7.74. The number of hydrogen-bond donors (Lipinski definition) is 1. The second kappa shape index (κ2) is 2.48. The standard InChI is InChI=1S/HNO5S/c2-1(3)6-7(4)5/h(H,4,5). The molecule has 0 aromatic rings. The van der Waals surface area contributed by atoms with Crippen LogP contribution in [0.1, 0.15) is 0 Å². The predicted octanol–water partition coefficient (Wildman–Crippen LogP) is -0.669. The van der Waals surface area contributed by atoms with Crippen molar-refractivity contribution in [3.8, 4) is 0 Å². The van der Waals surface area contributed by atoms with Gasteiger partial charge < -0.3 is 0 Å². The van der Waals surface area contributed by atoms with Gasteiger partial charge in [-0.3, -0.25) is 4.55 Å². The first kappa shape index (κ1) is 6.31. The topological polar surface area (TPSA) is 89.7 Å². The zero-order chi connectivity index (χ0) is 5.86. The molecule has 7 heteroatoms. The molecule has 0 spiro atoms. The van der Waals surface area contributed by atoms with Crippen LogP contribution in [-0.4, -0.2) is 13.8 Å². The molecule has 1 unspecified atom stereocenters. The van der Waals surface area contributed by atoms with E-state index in [2.05, 4.69) is 4.28 Å². The third kappa shape index (κ3) is 5.31. The summed E-state index contributed by atoms with van der Waals surface area (Å²) in [5.41, 5.74) is 0. The van der Waals surface area contributed by atoms with Crippen LogP contribution in [0.5, 0.6) is 0 Å². The molecular weight excluding hydrogens is 126 g/mol. The SMILES string of the molecule is O=[N+]([O-])OS(=O)O. The van der Waals surface area contributed by atoms with Crippen LogP contribution in [0.25, 0.3) is 0 Å². The van der Waals surface area contributed by atoms with Crippen LogP contribution in [-0.2, 0) is 15.6 Å². The van der Waals surface area contributed by atoms with E-state index in [0.29, 0.717) is 0 Å². The summed E-state index contributed by atoms with van der Waals surface area (Å²) in [6.45, 7) is 0. The second-order valence-corrected chi connectivity index (χ2v) is 1.10. The summed E-state index contributed by atoms with van der Waals surface area (Å²) >= 11 is -2.79. The van der Waals surface area contributed by atoms with E-state index in [1.165, 1.54) is 0 Å². The van der Waals surface area contributed by atoms with Gasteiger partial charge in [0.2, 0.25) is 0 Å². The van der Waals surface area contributed by atoms with Crippen LogP contribution < -0.4 is 0 Å². The number of nitrogens with zero attached hydrogens (tertiary/aromatic N) is 1.